The van der Waals surface area contributed by atoms with E-state index in [-0.39, 0.29) is 17.9 Å². The number of hydrogen-bond acceptors (Lipinski definition) is 2. The van der Waals surface area contributed by atoms with E-state index in [1.54, 1.807) is 6.07 Å². The molecule has 0 aromatic heterocycles. The van der Waals surface area contributed by atoms with E-state index in [1.807, 2.05) is 19.1 Å². The Morgan fingerprint density at radius 3 is 2.67 bits per heavy atom. The number of carboxylic acids is 1. The van der Waals surface area contributed by atoms with Crippen molar-refractivity contribution in [3.63, 3.8) is 0 Å². The number of benzene rings is 1. The van der Waals surface area contributed by atoms with Crippen molar-refractivity contribution >= 4 is 34.5 Å². The Labute approximate surface area is 119 Å². The minimum Gasteiger partial charge on any atom is -0.481 e. The quantitative estimate of drug-likeness (QED) is 0.814. The summed E-state index contributed by atoms with van der Waals surface area (Å²) in [5.74, 6) is -1.18. The van der Waals surface area contributed by atoms with Crippen molar-refractivity contribution in [1.82, 2.24) is 5.32 Å². The molecule has 18 heavy (non-hydrogen) atoms. The molecule has 2 rings (SSSR count). The van der Waals surface area contributed by atoms with Crippen LogP contribution in [0, 0.1) is 16.4 Å². The Bertz CT molecular complexity index is 495. The molecule has 4 nitrogen and oxygen atoms in total. The van der Waals surface area contributed by atoms with Gasteiger partial charge in [-0.15, -0.1) is 0 Å². The number of nitrogens with one attached hydrogen (secondary N) is 1. The van der Waals surface area contributed by atoms with Crippen LogP contribution >= 0.6 is 22.6 Å². The highest BCUT2D eigenvalue weighted by Crippen LogP contribution is 2.28. The fraction of sp³-hybridized carbons (Fsp3) is 0.385. The van der Waals surface area contributed by atoms with Crippen molar-refractivity contribution in [2.75, 3.05) is 0 Å². The van der Waals surface area contributed by atoms with Crippen molar-refractivity contribution in [3.8, 4) is 0 Å². The van der Waals surface area contributed by atoms with E-state index < -0.39 is 5.97 Å². The summed E-state index contributed by atoms with van der Waals surface area (Å²) in [6.07, 6.45) is 1.06. The van der Waals surface area contributed by atoms with E-state index in [2.05, 4.69) is 27.9 Å². The monoisotopic (exact) mass is 359 g/mol. The highest BCUT2D eigenvalue weighted by atomic mass is 127. The molecule has 0 spiro atoms. The van der Waals surface area contributed by atoms with E-state index in [0.29, 0.717) is 18.4 Å². The Morgan fingerprint density at radius 2 is 2.06 bits per heavy atom. The first-order chi connectivity index (χ1) is 8.49. The van der Waals surface area contributed by atoms with Crippen molar-refractivity contribution in [2.45, 2.75) is 25.8 Å². The van der Waals surface area contributed by atoms with Crippen molar-refractivity contribution in [2.24, 2.45) is 5.92 Å². The highest BCUT2D eigenvalue weighted by Gasteiger charge is 2.35. The highest BCUT2D eigenvalue weighted by molar-refractivity contribution is 14.1. The molecule has 1 fully saturated rings. The van der Waals surface area contributed by atoms with E-state index >= 15 is 0 Å². The Morgan fingerprint density at radius 1 is 1.39 bits per heavy atom. The molecule has 0 saturated heterocycles. The minimum atomic E-state index is -0.772. The average molecular weight is 359 g/mol. The third kappa shape index (κ3) is 2.66. The molecule has 1 saturated carbocycles. The van der Waals surface area contributed by atoms with E-state index in [0.717, 1.165) is 9.13 Å². The lowest BCUT2D eigenvalue weighted by Crippen LogP contribution is -2.46. The lowest BCUT2D eigenvalue weighted by atomic mass is 9.80. The molecule has 1 aromatic carbocycles. The van der Waals surface area contributed by atoms with Gasteiger partial charge in [0, 0.05) is 15.2 Å². The molecule has 0 unspecified atom stereocenters. The van der Waals surface area contributed by atoms with Gasteiger partial charge in [-0.1, -0.05) is 6.07 Å². The first kappa shape index (κ1) is 13.3. The van der Waals surface area contributed by atoms with Crippen LogP contribution in [0.25, 0.3) is 0 Å². The van der Waals surface area contributed by atoms with Gasteiger partial charge >= 0.3 is 5.97 Å². The number of amides is 1. The van der Waals surface area contributed by atoms with Crippen LogP contribution in [0.5, 0.6) is 0 Å². The summed E-state index contributed by atoms with van der Waals surface area (Å²) in [6.45, 7) is 1.91. The molecule has 1 amide bonds. The Hall–Kier alpha value is -1.11. The summed E-state index contributed by atoms with van der Waals surface area (Å²) in [5, 5.41) is 11.6. The molecule has 0 heterocycles. The third-order valence-electron chi connectivity index (χ3n) is 3.33. The van der Waals surface area contributed by atoms with Crippen LogP contribution in [0.1, 0.15) is 28.8 Å². The summed E-state index contributed by atoms with van der Waals surface area (Å²) in [5.41, 5.74) is 1.63. The van der Waals surface area contributed by atoms with Crippen LogP contribution in [0.4, 0.5) is 0 Å². The van der Waals surface area contributed by atoms with Gasteiger partial charge in [-0.3, -0.25) is 9.59 Å². The fourth-order valence-electron chi connectivity index (χ4n) is 2.05. The van der Waals surface area contributed by atoms with Gasteiger partial charge in [0.1, 0.15) is 0 Å². The zero-order valence-corrected chi connectivity index (χ0v) is 12.1. The van der Waals surface area contributed by atoms with Crippen molar-refractivity contribution in [1.29, 1.82) is 0 Å². The minimum absolute atomic E-state index is 0.00383. The maximum absolute atomic E-state index is 12.0. The predicted molar refractivity (Wildman–Crippen MR) is 75.5 cm³/mol. The van der Waals surface area contributed by atoms with E-state index in [4.69, 9.17) is 5.11 Å². The molecule has 1 aromatic rings. The van der Waals surface area contributed by atoms with Gasteiger partial charge in [0.15, 0.2) is 0 Å². The zero-order chi connectivity index (χ0) is 13.3. The third-order valence-corrected chi connectivity index (χ3v) is 4.50. The molecule has 1 aliphatic rings. The van der Waals surface area contributed by atoms with Gasteiger partial charge in [0.25, 0.3) is 5.91 Å². The largest absolute Gasteiger partial charge is 0.481 e. The fourth-order valence-corrected chi connectivity index (χ4v) is 2.55. The first-order valence-electron chi connectivity index (χ1n) is 5.78. The number of carboxylic acid groups (broad SMARTS) is 1. The van der Waals surface area contributed by atoms with Crippen LogP contribution in [0.3, 0.4) is 0 Å². The van der Waals surface area contributed by atoms with Crippen LogP contribution < -0.4 is 5.32 Å². The first-order valence-corrected chi connectivity index (χ1v) is 6.85. The Balaban J connectivity index is 1.97. The number of aliphatic carboxylic acids is 1. The second-order valence-corrected chi connectivity index (χ2v) is 5.75. The lowest BCUT2D eigenvalue weighted by Gasteiger charge is -2.33. The normalized spacial score (nSPS) is 22.1. The second kappa shape index (κ2) is 5.26. The number of carbonyl (C=O) groups excluding carboxylic acids is 1. The zero-order valence-electron chi connectivity index (χ0n) is 9.94. The van der Waals surface area contributed by atoms with Crippen molar-refractivity contribution < 1.29 is 14.7 Å². The number of rotatable bonds is 3. The topological polar surface area (TPSA) is 66.4 Å². The number of carbonyl (C=O) groups is 2. The van der Waals surface area contributed by atoms with Gasteiger partial charge in [-0.25, -0.2) is 0 Å². The molecule has 96 valence electrons. The molecule has 2 N–H and O–H groups in total. The SMILES string of the molecule is Cc1c(I)cccc1C(=O)NC1CC(C(=O)O)C1. The average Bonchev–Trinajstić information content (AvgIpc) is 2.25. The van der Waals surface area contributed by atoms with Crippen LogP contribution in [0.2, 0.25) is 0 Å². The number of halogens is 1. The molecule has 5 heteroatoms. The molecular formula is C13H14INO3. The molecule has 1 aliphatic carbocycles. The molecule has 0 aliphatic heterocycles. The predicted octanol–water partition coefficient (Wildman–Crippen LogP) is 2.19. The molecular weight excluding hydrogens is 345 g/mol. The standard InChI is InChI=1S/C13H14INO3/c1-7-10(3-2-4-11(7)14)12(16)15-9-5-8(6-9)13(17)18/h2-4,8-9H,5-6H2,1H3,(H,15,16)(H,17,18). The molecule has 0 atom stereocenters. The van der Waals surface area contributed by atoms with Gasteiger partial charge in [-0.05, 0) is 60.1 Å². The van der Waals surface area contributed by atoms with Crippen LogP contribution in [-0.4, -0.2) is 23.0 Å². The van der Waals surface area contributed by atoms with Gasteiger partial charge in [0.2, 0.25) is 0 Å². The van der Waals surface area contributed by atoms with Crippen LogP contribution in [0.15, 0.2) is 18.2 Å². The Kier molecular flexibility index (Phi) is 3.89. The van der Waals surface area contributed by atoms with Crippen LogP contribution in [-0.2, 0) is 4.79 Å². The molecule has 0 bridgehead atoms. The van der Waals surface area contributed by atoms with Gasteiger partial charge in [-0.2, -0.15) is 0 Å². The summed E-state index contributed by atoms with van der Waals surface area (Å²) in [4.78, 5) is 22.7. The van der Waals surface area contributed by atoms with Gasteiger partial charge in [0.05, 0.1) is 5.92 Å². The number of hydrogen-bond donors (Lipinski definition) is 2. The maximum atomic E-state index is 12.0. The maximum Gasteiger partial charge on any atom is 0.306 e. The van der Waals surface area contributed by atoms with E-state index in [9.17, 15) is 9.59 Å². The van der Waals surface area contributed by atoms with Crippen molar-refractivity contribution in [3.05, 3.63) is 32.9 Å². The summed E-state index contributed by atoms with van der Waals surface area (Å²) < 4.78 is 1.05. The summed E-state index contributed by atoms with van der Waals surface area (Å²) in [7, 11) is 0. The van der Waals surface area contributed by atoms with Gasteiger partial charge < -0.3 is 10.4 Å². The smallest absolute Gasteiger partial charge is 0.306 e. The summed E-state index contributed by atoms with van der Waals surface area (Å²) >= 11 is 2.19. The molecule has 0 radical (unpaired) electrons. The van der Waals surface area contributed by atoms with E-state index in [1.165, 1.54) is 0 Å². The lowest BCUT2D eigenvalue weighted by molar-refractivity contribution is -0.145. The summed E-state index contributed by atoms with van der Waals surface area (Å²) in [6, 6.07) is 5.59. The second-order valence-electron chi connectivity index (χ2n) is 4.59.